The van der Waals surface area contributed by atoms with Crippen molar-refractivity contribution in [2.45, 2.75) is 57.6 Å². The molecule has 0 fully saturated rings. The second kappa shape index (κ2) is 13.2. The summed E-state index contributed by atoms with van der Waals surface area (Å²) in [6, 6.07) is 0. The lowest BCUT2D eigenvalue weighted by Crippen LogP contribution is -2.09. The molecule has 108 valence electrons. The normalized spacial score (nSPS) is 12.4. The molecular weight excluding hydrogens is 248 g/mol. The third-order valence-corrected chi connectivity index (χ3v) is 4.10. The van der Waals surface area contributed by atoms with Crippen molar-refractivity contribution in [2.75, 3.05) is 26.1 Å². The highest BCUT2D eigenvalue weighted by molar-refractivity contribution is 7.99. The lowest BCUT2D eigenvalue weighted by molar-refractivity contribution is -0.145. The van der Waals surface area contributed by atoms with E-state index in [1.165, 1.54) is 25.0 Å². The fourth-order valence-corrected chi connectivity index (χ4v) is 2.56. The van der Waals surface area contributed by atoms with Gasteiger partial charge in [-0.2, -0.15) is 11.8 Å². The SMILES string of the molecule is CCCSC(C)CCCCCC(=O)OCCOC. The molecule has 0 spiro atoms. The number of esters is 1. The highest BCUT2D eigenvalue weighted by Crippen LogP contribution is 2.18. The first kappa shape index (κ1) is 17.8. The summed E-state index contributed by atoms with van der Waals surface area (Å²) in [6.07, 6.45) is 6.32. The van der Waals surface area contributed by atoms with Crippen LogP contribution in [0, 0.1) is 0 Å². The van der Waals surface area contributed by atoms with Crippen LogP contribution in [0.25, 0.3) is 0 Å². The van der Waals surface area contributed by atoms with E-state index in [1.54, 1.807) is 7.11 Å². The fourth-order valence-electron chi connectivity index (χ4n) is 1.59. The highest BCUT2D eigenvalue weighted by atomic mass is 32.2. The molecule has 0 rings (SSSR count). The number of rotatable bonds is 12. The summed E-state index contributed by atoms with van der Waals surface area (Å²) in [5.74, 6) is 1.16. The average molecular weight is 276 g/mol. The Kier molecular flexibility index (Phi) is 13.1. The van der Waals surface area contributed by atoms with Crippen LogP contribution in [0.3, 0.4) is 0 Å². The first-order valence-electron chi connectivity index (χ1n) is 6.96. The van der Waals surface area contributed by atoms with Gasteiger partial charge in [0.05, 0.1) is 6.61 Å². The predicted molar refractivity (Wildman–Crippen MR) is 78.1 cm³/mol. The van der Waals surface area contributed by atoms with Crippen LogP contribution >= 0.6 is 11.8 Å². The van der Waals surface area contributed by atoms with Crippen molar-refractivity contribution in [3.8, 4) is 0 Å². The minimum atomic E-state index is -0.0968. The molecule has 0 heterocycles. The van der Waals surface area contributed by atoms with Gasteiger partial charge in [-0.1, -0.05) is 26.7 Å². The molecule has 0 aromatic carbocycles. The Labute approximate surface area is 116 Å². The van der Waals surface area contributed by atoms with E-state index in [1.807, 2.05) is 11.8 Å². The Balaban J connectivity index is 3.26. The summed E-state index contributed by atoms with van der Waals surface area (Å²) in [5, 5.41) is 0.749. The van der Waals surface area contributed by atoms with E-state index in [2.05, 4.69) is 13.8 Å². The Bertz CT molecular complexity index is 197. The molecule has 1 unspecified atom stereocenters. The zero-order chi connectivity index (χ0) is 13.6. The molecule has 0 aliphatic carbocycles. The zero-order valence-corrected chi connectivity index (χ0v) is 12.9. The van der Waals surface area contributed by atoms with Crippen molar-refractivity contribution in [1.29, 1.82) is 0 Å². The number of methoxy groups -OCH3 is 1. The van der Waals surface area contributed by atoms with Crippen LogP contribution in [0.15, 0.2) is 0 Å². The number of unbranched alkanes of at least 4 members (excludes halogenated alkanes) is 2. The molecule has 0 bridgehead atoms. The van der Waals surface area contributed by atoms with Crippen molar-refractivity contribution >= 4 is 17.7 Å². The lowest BCUT2D eigenvalue weighted by Gasteiger charge is -2.09. The number of carbonyl (C=O) groups excluding carboxylic acids is 1. The Morgan fingerprint density at radius 1 is 1.22 bits per heavy atom. The summed E-state index contributed by atoms with van der Waals surface area (Å²) in [7, 11) is 1.60. The van der Waals surface area contributed by atoms with Crippen LogP contribution in [0.5, 0.6) is 0 Å². The summed E-state index contributed by atoms with van der Waals surface area (Å²) in [4.78, 5) is 11.3. The number of hydrogen-bond donors (Lipinski definition) is 0. The van der Waals surface area contributed by atoms with E-state index in [0.29, 0.717) is 19.6 Å². The van der Waals surface area contributed by atoms with Gasteiger partial charge < -0.3 is 9.47 Å². The first-order chi connectivity index (χ1) is 8.70. The number of ether oxygens (including phenoxy) is 2. The van der Waals surface area contributed by atoms with Crippen LogP contribution < -0.4 is 0 Å². The molecule has 0 aromatic heterocycles. The molecule has 18 heavy (non-hydrogen) atoms. The van der Waals surface area contributed by atoms with E-state index in [4.69, 9.17) is 9.47 Å². The molecule has 0 N–H and O–H groups in total. The number of thioether (sulfide) groups is 1. The van der Waals surface area contributed by atoms with E-state index in [0.717, 1.165) is 18.1 Å². The maximum atomic E-state index is 11.3. The van der Waals surface area contributed by atoms with Crippen LogP contribution in [0.1, 0.15) is 52.4 Å². The fraction of sp³-hybridized carbons (Fsp3) is 0.929. The molecule has 4 heteroatoms. The molecule has 1 atom stereocenters. The minimum absolute atomic E-state index is 0.0968. The van der Waals surface area contributed by atoms with Gasteiger partial charge in [0.25, 0.3) is 0 Å². The average Bonchev–Trinajstić information content (AvgIpc) is 2.36. The third-order valence-electron chi connectivity index (χ3n) is 2.65. The summed E-state index contributed by atoms with van der Waals surface area (Å²) in [6.45, 7) is 5.37. The number of hydrogen-bond acceptors (Lipinski definition) is 4. The zero-order valence-electron chi connectivity index (χ0n) is 12.1. The summed E-state index contributed by atoms with van der Waals surface area (Å²) in [5.41, 5.74) is 0. The van der Waals surface area contributed by atoms with Crippen molar-refractivity contribution in [2.24, 2.45) is 0 Å². The second-order valence-corrected chi connectivity index (χ2v) is 6.04. The topological polar surface area (TPSA) is 35.5 Å². The van der Waals surface area contributed by atoms with Gasteiger partial charge in [-0.3, -0.25) is 4.79 Å². The van der Waals surface area contributed by atoms with Crippen molar-refractivity contribution in [3.05, 3.63) is 0 Å². The molecule has 0 amide bonds. The second-order valence-electron chi connectivity index (χ2n) is 4.49. The van der Waals surface area contributed by atoms with Gasteiger partial charge in [0.1, 0.15) is 6.61 Å². The molecule has 0 saturated carbocycles. The largest absolute Gasteiger partial charge is 0.463 e. The van der Waals surface area contributed by atoms with Crippen LogP contribution in [0.2, 0.25) is 0 Å². The lowest BCUT2D eigenvalue weighted by atomic mass is 10.1. The molecule has 0 aromatic rings. The molecule has 3 nitrogen and oxygen atoms in total. The monoisotopic (exact) mass is 276 g/mol. The molecule has 0 aliphatic rings. The van der Waals surface area contributed by atoms with Crippen LogP contribution in [-0.2, 0) is 14.3 Å². The maximum Gasteiger partial charge on any atom is 0.305 e. The first-order valence-corrected chi connectivity index (χ1v) is 8.01. The van der Waals surface area contributed by atoms with E-state index >= 15 is 0 Å². The van der Waals surface area contributed by atoms with Gasteiger partial charge in [-0.05, 0) is 25.0 Å². The van der Waals surface area contributed by atoms with E-state index in [-0.39, 0.29) is 5.97 Å². The van der Waals surface area contributed by atoms with Gasteiger partial charge >= 0.3 is 5.97 Å². The Hall–Kier alpha value is -0.220. The van der Waals surface area contributed by atoms with E-state index in [9.17, 15) is 4.79 Å². The third kappa shape index (κ3) is 12.2. The summed E-state index contributed by atoms with van der Waals surface area (Å²) < 4.78 is 9.81. The van der Waals surface area contributed by atoms with Crippen LogP contribution in [-0.4, -0.2) is 37.3 Å². The highest BCUT2D eigenvalue weighted by Gasteiger charge is 2.04. The Morgan fingerprint density at radius 2 is 2.00 bits per heavy atom. The van der Waals surface area contributed by atoms with Gasteiger partial charge in [0.2, 0.25) is 0 Å². The minimum Gasteiger partial charge on any atom is -0.463 e. The van der Waals surface area contributed by atoms with Crippen LogP contribution in [0.4, 0.5) is 0 Å². The van der Waals surface area contributed by atoms with Gasteiger partial charge in [0, 0.05) is 18.8 Å². The molecular formula is C14H28O3S. The van der Waals surface area contributed by atoms with Gasteiger partial charge in [0.15, 0.2) is 0 Å². The summed E-state index contributed by atoms with van der Waals surface area (Å²) >= 11 is 2.05. The molecule has 0 radical (unpaired) electrons. The Morgan fingerprint density at radius 3 is 2.67 bits per heavy atom. The van der Waals surface area contributed by atoms with Gasteiger partial charge in [-0.15, -0.1) is 0 Å². The van der Waals surface area contributed by atoms with E-state index < -0.39 is 0 Å². The quantitative estimate of drug-likeness (QED) is 0.402. The predicted octanol–water partition coefficient (Wildman–Crippen LogP) is 3.66. The van der Waals surface area contributed by atoms with Crippen molar-refractivity contribution in [1.82, 2.24) is 0 Å². The van der Waals surface area contributed by atoms with Crippen molar-refractivity contribution in [3.63, 3.8) is 0 Å². The van der Waals surface area contributed by atoms with Crippen molar-refractivity contribution < 1.29 is 14.3 Å². The smallest absolute Gasteiger partial charge is 0.305 e. The molecule has 0 aliphatic heterocycles. The number of carbonyl (C=O) groups is 1. The maximum absolute atomic E-state index is 11.3. The standard InChI is InChI=1S/C14H28O3S/c1-4-12-18-13(2)8-6-5-7-9-14(15)17-11-10-16-3/h13H,4-12H2,1-3H3. The van der Waals surface area contributed by atoms with Gasteiger partial charge in [-0.25, -0.2) is 0 Å². The molecule has 0 saturated heterocycles.